The second kappa shape index (κ2) is 7.29. The van der Waals surface area contributed by atoms with Gasteiger partial charge in [0.1, 0.15) is 4.34 Å². The summed E-state index contributed by atoms with van der Waals surface area (Å²) in [4.78, 5) is 15.9. The number of nitrogens with zero attached hydrogens (tertiary/aromatic N) is 2. The van der Waals surface area contributed by atoms with Crippen molar-refractivity contribution in [3.05, 3.63) is 20.1 Å². The summed E-state index contributed by atoms with van der Waals surface area (Å²) in [6, 6.07) is 3.71. The van der Waals surface area contributed by atoms with E-state index in [1.165, 1.54) is 34.4 Å². The summed E-state index contributed by atoms with van der Waals surface area (Å²) in [6.07, 6.45) is 0. The number of hydrogen-bond acceptors (Lipinski definition) is 6. The Balaban J connectivity index is 2.01. The van der Waals surface area contributed by atoms with Crippen LogP contribution in [-0.2, 0) is 4.79 Å². The number of thiophene rings is 1. The van der Waals surface area contributed by atoms with Crippen LogP contribution in [0.1, 0.15) is 0 Å². The van der Waals surface area contributed by atoms with Gasteiger partial charge < -0.3 is 5.32 Å². The van der Waals surface area contributed by atoms with E-state index in [0.29, 0.717) is 25.3 Å². The van der Waals surface area contributed by atoms with Gasteiger partial charge in [-0.25, -0.2) is 4.98 Å². The van der Waals surface area contributed by atoms with Crippen molar-refractivity contribution in [3.63, 3.8) is 0 Å². The van der Waals surface area contributed by atoms with Crippen LogP contribution in [0.3, 0.4) is 0 Å². The van der Waals surface area contributed by atoms with E-state index < -0.39 is 0 Å². The van der Waals surface area contributed by atoms with Crippen molar-refractivity contribution in [1.29, 1.82) is 5.26 Å². The van der Waals surface area contributed by atoms with Crippen LogP contribution in [0.2, 0.25) is 8.67 Å². The summed E-state index contributed by atoms with van der Waals surface area (Å²) in [5.74, 6) is 0.341. The monoisotopic (exact) mass is 363 g/mol. The SMILES string of the molecule is N#CCSCC(=O)Nc1nc(-c2cc(Cl)sc2Cl)cs1. The molecule has 20 heavy (non-hydrogen) atoms. The lowest BCUT2D eigenvalue weighted by Crippen LogP contribution is -2.14. The van der Waals surface area contributed by atoms with Crippen molar-refractivity contribution in [2.45, 2.75) is 0 Å². The fourth-order valence-corrected chi connectivity index (χ4v) is 3.97. The zero-order chi connectivity index (χ0) is 14.5. The second-order valence-electron chi connectivity index (χ2n) is 3.47. The third kappa shape index (κ3) is 4.11. The van der Waals surface area contributed by atoms with E-state index in [-0.39, 0.29) is 11.7 Å². The average Bonchev–Trinajstić information content (AvgIpc) is 2.96. The van der Waals surface area contributed by atoms with Gasteiger partial charge in [-0.3, -0.25) is 4.79 Å². The normalized spacial score (nSPS) is 10.2. The van der Waals surface area contributed by atoms with Crippen molar-refractivity contribution in [1.82, 2.24) is 4.98 Å². The predicted molar refractivity (Wildman–Crippen MR) is 87.0 cm³/mol. The minimum atomic E-state index is -0.180. The molecule has 0 unspecified atom stereocenters. The van der Waals surface area contributed by atoms with E-state index in [1.807, 2.05) is 11.4 Å². The average molecular weight is 364 g/mol. The third-order valence-electron chi connectivity index (χ3n) is 2.08. The third-order valence-corrected chi connectivity index (χ3v) is 5.13. The Morgan fingerprint density at radius 3 is 3.00 bits per heavy atom. The summed E-state index contributed by atoms with van der Waals surface area (Å²) in [5.41, 5.74) is 1.44. The molecule has 1 amide bonds. The van der Waals surface area contributed by atoms with Crippen LogP contribution in [0.15, 0.2) is 11.4 Å². The Morgan fingerprint density at radius 2 is 2.35 bits per heavy atom. The molecule has 0 spiro atoms. The summed E-state index contributed by atoms with van der Waals surface area (Å²) < 4.78 is 1.17. The highest BCUT2D eigenvalue weighted by Crippen LogP contribution is 2.38. The molecule has 104 valence electrons. The largest absolute Gasteiger partial charge is 0.301 e. The predicted octanol–water partition coefficient (Wildman–Crippen LogP) is 4.37. The first-order chi connectivity index (χ1) is 9.60. The minimum Gasteiger partial charge on any atom is -0.301 e. The number of anilines is 1. The summed E-state index contributed by atoms with van der Waals surface area (Å²) >= 11 is 15.8. The molecular formula is C11H7Cl2N3OS3. The lowest BCUT2D eigenvalue weighted by molar-refractivity contribution is -0.113. The molecule has 2 rings (SSSR count). The van der Waals surface area contributed by atoms with Gasteiger partial charge in [0.25, 0.3) is 0 Å². The van der Waals surface area contributed by atoms with E-state index in [1.54, 1.807) is 6.07 Å². The summed E-state index contributed by atoms with van der Waals surface area (Å²) in [7, 11) is 0. The maximum absolute atomic E-state index is 11.6. The molecule has 0 aliphatic heterocycles. The molecule has 9 heteroatoms. The number of halogens is 2. The number of amides is 1. The molecule has 0 radical (unpaired) electrons. The first-order valence-electron chi connectivity index (χ1n) is 5.25. The van der Waals surface area contributed by atoms with Crippen molar-refractivity contribution in [3.8, 4) is 17.3 Å². The van der Waals surface area contributed by atoms with E-state index in [9.17, 15) is 4.79 Å². The zero-order valence-corrected chi connectivity index (χ0v) is 13.8. The number of carbonyl (C=O) groups excluding carboxylic acids is 1. The van der Waals surface area contributed by atoms with Gasteiger partial charge in [-0.15, -0.1) is 34.4 Å². The number of nitrogens with one attached hydrogen (secondary N) is 1. The molecule has 0 aliphatic rings. The Bertz CT molecular complexity index is 662. The van der Waals surface area contributed by atoms with Gasteiger partial charge in [-0.2, -0.15) is 5.26 Å². The van der Waals surface area contributed by atoms with Gasteiger partial charge in [0.05, 0.1) is 27.6 Å². The Labute approximate surface area is 137 Å². The van der Waals surface area contributed by atoms with Gasteiger partial charge in [0.15, 0.2) is 5.13 Å². The Morgan fingerprint density at radius 1 is 1.55 bits per heavy atom. The van der Waals surface area contributed by atoms with Gasteiger partial charge in [0, 0.05) is 10.9 Å². The molecule has 0 bridgehead atoms. The number of thiazole rings is 1. The fourth-order valence-electron chi connectivity index (χ4n) is 1.31. The lowest BCUT2D eigenvalue weighted by Gasteiger charge is -1.99. The number of nitriles is 1. The molecule has 0 fully saturated rings. The highest BCUT2D eigenvalue weighted by molar-refractivity contribution is 8.00. The van der Waals surface area contributed by atoms with Gasteiger partial charge >= 0.3 is 0 Å². The highest BCUT2D eigenvalue weighted by Gasteiger charge is 2.13. The van der Waals surface area contributed by atoms with Crippen LogP contribution in [0, 0.1) is 11.3 Å². The van der Waals surface area contributed by atoms with Crippen LogP contribution in [0.5, 0.6) is 0 Å². The van der Waals surface area contributed by atoms with E-state index >= 15 is 0 Å². The molecule has 2 aromatic rings. The molecule has 4 nitrogen and oxygen atoms in total. The number of carbonyl (C=O) groups is 1. The molecule has 2 aromatic heterocycles. The Hall–Kier alpha value is -0.780. The summed E-state index contributed by atoms with van der Waals surface area (Å²) in [6.45, 7) is 0. The van der Waals surface area contributed by atoms with Crippen molar-refractivity contribution < 1.29 is 4.79 Å². The van der Waals surface area contributed by atoms with E-state index in [2.05, 4.69) is 10.3 Å². The highest BCUT2D eigenvalue weighted by atomic mass is 35.5. The Kier molecular flexibility index (Phi) is 5.69. The second-order valence-corrected chi connectivity index (χ2v) is 7.60. The number of rotatable bonds is 5. The lowest BCUT2D eigenvalue weighted by atomic mass is 10.3. The standard InChI is InChI=1S/C11H7Cl2N3OS3/c12-8-3-6(10(13)20-8)7-4-19-11(15-7)16-9(17)5-18-2-1-14/h3-4H,2,5H2,(H,15,16,17). The molecule has 0 saturated heterocycles. The molecule has 0 saturated carbocycles. The molecule has 2 heterocycles. The topological polar surface area (TPSA) is 65.8 Å². The van der Waals surface area contributed by atoms with Gasteiger partial charge in [0.2, 0.25) is 5.91 Å². The van der Waals surface area contributed by atoms with Crippen LogP contribution in [0.4, 0.5) is 5.13 Å². The number of aromatic nitrogens is 1. The molecule has 0 aromatic carbocycles. The quantitative estimate of drug-likeness (QED) is 0.800. The van der Waals surface area contributed by atoms with E-state index in [0.717, 1.165) is 5.56 Å². The maximum atomic E-state index is 11.6. The van der Waals surface area contributed by atoms with Gasteiger partial charge in [-0.1, -0.05) is 23.2 Å². The van der Waals surface area contributed by atoms with Crippen molar-refractivity contribution >= 4 is 68.7 Å². The first-order valence-corrected chi connectivity index (χ1v) is 8.86. The fraction of sp³-hybridized carbons (Fsp3) is 0.182. The number of hydrogen-bond donors (Lipinski definition) is 1. The molecule has 0 atom stereocenters. The smallest absolute Gasteiger partial charge is 0.236 e. The van der Waals surface area contributed by atoms with Crippen LogP contribution in [-0.4, -0.2) is 22.4 Å². The van der Waals surface area contributed by atoms with Crippen molar-refractivity contribution in [2.75, 3.05) is 16.8 Å². The molecule has 0 aliphatic carbocycles. The molecule has 1 N–H and O–H groups in total. The van der Waals surface area contributed by atoms with Crippen LogP contribution in [0.25, 0.3) is 11.3 Å². The first kappa shape index (κ1) is 15.6. The van der Waals surface area contributed by atoms with Crippen LogP contribution >= 0.6 is 57.6 Å². The molecular weight excluding hydrogens is 357 g/mol. The minimum absolute atomic E-state index is 0.180. The van der Waals surface area contributed by atoms with Crippen LogP contribution < -0.4 is 5.32 Å². The van der Waals surface area contributed by atoms with Crippen molar-refractivity contribution in [2.24, 2.45) is 0 Å². The summed E-state index contributed by atoms with van der Waals surface area (Å²) in [5, 5.41) is 13.4. The maximum Gasteiger partial charge on any atom is 0.236 e. The van der Waals surface area contributed by atoms with Gasteiger partial charge in [-0.05, 0) is 6.07 Å². The number of thioether (sulfide) groups is 1. The zero-order valence-electron chi connectivity index (χ0n) is 9.85. The van der Waals surface area contributed by atoms with E-state index in [4.69, 9.17) is 28.5 Å².